The van der Waals surface area contributed by atoms with Crippen LogP contribution in [0.15, 0.2) is 0 Å². The maximum atomic E-state index is 8.36. The van der Waals surface area contributed by atoms with Crippen LogP contribution in [0.25, 0.3) is 0 Å². The molecule has 0 aliphatic heterocycles. The summed E-state index contributed by atoms with van der Waals surface area (Å²) in [5.74, 6) is 0. The fraction of sp³-hybridized carbons (Fsp3) is 1.00. The van der Waals surface area contributed by atoms with E-state index in [2.05, 4.69) is 9.05 Å². The summed E-state index contributed by atoms with van der Waals surface area (Å²) in [6.07, 6.45) is 0. The van der Waals surface area contributed by atoms with Crippen LogP contribution in [0.1, 0.15) is 0 Å². The highest BCUT2D eigenvalue weighted by atomic mass is 31.2. The van der Waals surface area contributed by atoms with Crippen LogP contribution in [0.4, 0.5) is 0 Å². The van der Waals surface area contributed by atoms with Gasteiger partial charge in [-0.15, -0.1) is 0 Å². The van der Waals surface area contributed by atoms with Gasteiger partial charge in [0.1, 0.15) is 0 Å². The van der Waals surface area contributed by atoms with Gasteiger partial charge in [-0.25, -0.2) is 0 Å². The fourth-order valence-electron chi connectivity index (χ4n) is 0.678. The fourth-order valence-corrected chi connectivity index (χ4v) is 1.15. The molecule has 0 saturated heterocycles. The zero-order valence-corrected chi connectivity index (χ0v) is 10.3. The van der Waals surface area contributed by atoms with E-state index in [4.69, 9.17) is 29.0 Å². The lowest BCUT2D eigenvalue weighted by Crippen LogP contribution is -2.10. The van der Waals surface area contributed by atoms with Crippen LogP contribution in [0, 0.1) is 0 Å². The highest BCUT2D eigenvalue weighted by Gasteiger charge is 1.99. The molecule has 0 atom stereocenters. The second-order valence-corrected chi connectivity index (χ2v) is 3.92. The normalized spacial score (nSPS) is 11.6. The molecule has 0 aliphatic carbocycles. The summed E-state index contributed by atoms with van der Waals surface area (Å²) in [4.78, 5) is 33.4. The Labute approximate surface area is 95.7 Å². The summed E-state index contributed by atoms with van der Waals surface area (Å²) >= 11 is 0. The van der Waals surface area contributed by atoms with Crippen molar-refractivity contribution >= 4 is 17.2 Å². The summed E-state index contributed by atoms with van der Waals surface area (Å²) in [5, 5.41) is 0. The van der Waals surface area contributed by atoms with Crippen molar-refractivity contribution in [3.05, 3.63) is 0 Å². The molecular formula is C6H16O8P2. The van der Waals surface area contributed by atoms with Gasteiger partial charge in [0.15, 0.2) is 0 Å². The first-order valence-corrected chi connectivity index (χ1v) is 6.73. The van der Waals surface area contributed by atoms with Gasteiger partial charge < -0.3 is 38.1 Å². The smallest absolute Gasteiger partial charge is 0.327 e. The first-order valence-electron chi connectivity index (χ1n) is 4.40. The topological polar surface area (TPSA) is 118 Å². The molecule has 0 spiro atoms. The monoisotopic (exact) mass is 278 g/mol. The minimum atomic E-state index is -2.31. The molecule has 0 aromatic heterocycles. The van der Waals surface area contributed by atoms with Crippen LogP contribution < -0.4 is 0 Å². The van der Waals surface area contributed by atoms with Gasteiger partial charge in [0.2, 0.25) is 0 Å². The second kappa shape index (κ2) is 12.0. The largest absolute Gasteiger partial charge is 0.377 e. The van der Waals surface area contributed by atoms with E-state index in [1.54, 1.807) is 0 Å². The summed E-state index contributed by atoms with van der Waals surface area (Å²) in [6.45, 7) is 1.40. The van der Waals surface area contributed by atoms with Crippen molar-refractivity contribution in [3.63, 3.8) is 0 Å². The predicted octanol–water partition coefficient (Wildman–Crippen LogP) is -0.524. The van der Waals surface area contributed by atoms with E-state index in [9.17, 15) is 0 Å². The van der Waals surface area contributed by atoms with Crippen LogP contribution in [-0.2, 0) is 18.5 Å². The van der Waals surface area contributed by atoms with Gasteiger partial charge in [-0.05, 0) is 0 Å². The highest BCUT2D eigenvalue weighted by Crippen LogP contribution is 2.23. The molecule has 0 saturated carbocycles. The molecule has 0 unspecified atom stereocenters. The standard InChI is InChI=1S/C6H16O8P2/c7-15(8)13-5-3-11-1-2-12-4-6-14-16(9)10/h7-10H,1-6H2. The maximum Gasteiger partial charge on any atom is 0.327 e. The lowest BCUT2D eigenvalue weighted by molar-refractivity contribution is 0.0251. The molecule has 4 N–H and O–H groups in total. The summed E-state index contributed by atoms with van der Waals surface area (Å²) in [7, 11) is -4.63. The van der Waals surface area contributed by atoms with Crippen LogP contribution in [0.3, 0.4) is 0 Å². The Morgan fingerprint density at radius 1 is 0.562 bits per heavy atom. The third kappa shape index (κ3) is 14.5. The molecule has 98 valence electrons. The Kier molecular flexibility index (Phi) is 12.4. The quantitative estimate of drug-likeness (QED) is 0.294. The Bertz CT molecular complexity index is 130. The number of hydrogen-bond acceptors (Lipinski definition) is 8. The number of hydrogen-bond donors (Lipinski definition) is 4. The van der Waals surface area contributed by atoms with Crippen LogP contribution in [0.2, 0.25) is 0 Å². The van der Waals surface area contributed by atoms with E-state index in [1.807, 2.05) is 0 Å². The minimum Gasteiger partial charge on any atom is -0.377 e. The molecule has 10 heteroatoms. The molecule has 0 bridgehead atoms. The van der Waals surface area contributed by atoms with Gasteiger partial charge in [0.05, 0.1) is 39.6 Å². The van der Waals surface area contributed by atoms with Gasteiger partial charge >= 0.3 is 17.2 Å². The van der Waals surface area contributed by atoms with Crippen LogP contribution in [-0.4, -0.2) is 59.2 Å². The third-order valence-electron chi connectivity index (χ3n) is 1.24. The molecule has 0 amide bonds. The Morgan fingerprint density at radius 3 is 1.19 bits per heavy atom. The predicted molar refractivity (Wildman–Crippen MR) is 56.3 cm³/mol. The van der Waals surface area contributed by atoms with E-state index >= 15 is 0 Å². The lowest BCUT2D eigenvalue weighted by Gasteiger charge is -2.07. The lowest BCUT2D eigenvalue weighted by atomic mass is 10.7. The summed E-state index contributed by atoms with van der Waals surface area (Å²) in [6, 6.07) is 0. The first kappa shape index (κ1) is 16.5. The maximum absolute atomic E-state index is 8.36. The van der Waals surface area contributed by atoms with E-state index in [-0.39, 0.29) is 26.4 Å². The average molecular weight is 278 g/mol. The SMILES string of the molecule is OP(O)OCCOCCOCCOP(O)O. The Morgan fingerprint density at radius 2 is 0.875 bits per heavy atom. The van der Waals surface area contributed by atoms with Gasteiger partial charge in [0.25, 0.3) is 0 Å². The van der Waals surface area contributed by atoms with Crippen molar-refractivity contribution in [1.82, 2.24) is 0 Å². The molecule has 0 aromatic carbocycles. The van der Waals surface area contributed by atoms with Crippen molar-refractivity contribution in [3.8, 4) is 0 Å². The molecule has 0 radical (unpaired) electrons. The summed E-state index contributed by atoms with van der Waals surface area (Å²) < 4.78 is 18.9. The molecule has 0 aliphatic rings. The van der Waals surface area contributed by atoms with Gasteiger partial charge in [0, 0.05) is 0 Å². The van der Waals surface area contributed by atoms with Gasteiger partial charge in [-0.3, -0.25) is 0 Å². The van der Waals surface area contributed by atoms with Gasteiger partial charge in [-0.2, -0.15) is 0 Å². The Balaban J connectivity index is 2.93. The molecule has 8 nitrogen and oxygen atoms in total. The van der Waals surface area contributed by atoms with Crippen LogP contribution in [0.5, 0.6) is 0 Å². The summed E-state index contributed by atoms with van der Waals surface area (Å²) in [5.41, 5.74) is 0. The van der Waals surface area contributed by atoms with Crippen molar-refractivity contribution in [2.75, 3.05) is 39.6 Å². The zero-order valence-electron chi connectivity index (χ0n) is 8.56. The van der Waals surface area contributed by atoms with E-state index in [0.717, 1.165) is 0 Å². The van der Waals surface area contributed by atoms with Crippen molar-refractivity contribution in [1.29, 1.82) is 0 Å². The molecule has 0 fully saturated rings. The van der Waals surface area contributed by atoms with E-state index in [1.165, 1.54) is 0 Å². The molecule has 0 rings (SSSR count). The van der Waals surface area contributed by atoms with Crippen molar-refractivity contribution < 1.29 is 38.1 Å². The molecule has 16 heavy (non-hydrogen) atoms. The average Bonchev–Trinajstić information content (AvgIpc) is 2.20. The van der Waals surface area contributed by atoms with E-state index < -0.39 is 17.2 Å². The first-order chi connectivity index (χ1) is 7.63. The molecule has 0 aromatic rings. The van der Waals surface area contributed by atoms with Gasteiger partial charge in [-0.1, -0.05) is 0 Å². The van der Waals surface area contributed by atoms with E-state index in [0.29, 0.717) is 13.2 Å². The third-order valence-corrected chi connectivity index (χ3v) is 2.07. The number of rotatable bonds is 11. The second-order valence-electron chi connectivity index (χ2n) is 2.40. The van der Waals surface area contributed by atoms with Crippen LogP contribution >= 0.6 is 17.2 Å². The van der Waals surface area contributed by atoms with Crippen molar-refractivity contribution in [2.24, 2.45) is 0 Å². The van der Waals surface area contributed by atoms with Crippen molar-refractivity contribution in [2.45, 2.75) is 0 Å². The highest BCUT2D eigenvalue weighted by molar-refractivity contribution is 7.39. The minimum absolute atomic E-state index is 0.112. The zero-order chi connectivity index (χ0) is 12.2. The number of ether oxygens (including phenoxy) is 2. The molecular weight excluding hydrogens is 262 g/mol. The molecule has 0 heterocycles. The Hall–Kier alpha value is 0.540.